The van der Waals surface area contributed by atoms with Crippen LogP contribution in [0.4, 0.5) is 0 Å². The lowest BCUT2D eigenvalue weighted by Crippen LogP contribution is -2.26. The second kappa shape index (κ2) is 5.10. The van der Waals surface area contributed by atoms with Crippen molar-refractivity contribution in [2.45, 2.75) is 6.92 Å². The number of aromatic nitrogens is 2. The molecular formula is C15H11BrN2O4. The quantitative estimate of drug-likeness (QED) is 0.397. The van der Waals surface area contributed by atoms with Crippen LogP contribution in [0.25, 0.3) is 11.1 Å². The van der Waals surface area contributed by atoms with Crippen molar-refractivity contribution in [2.75, 3.05) is 0 Å². The summed E-state index contributed by atoms with van der Waals surface area (Å²) in [7, 11) is 1.58. The average molecular weight is 363 g/mol. The van der Waals surface area contributed by atoms with E-state index < -0.39 is 5.76 Å². The zero-order valence-corrected chi connectivity index (χ0v) is 13.4. The van der Waals surface area contributed by atoms with Crippen molar-refractivity contribution in [1.82, 2.24) is 4.57 Å². The molecule has 3 rings (SSSR count). The Kier molecular flexibility index (Phi) is 3.37. The predicted molar refractivity (Wildman–Crippen MR) is 82.7 cm³/mol. The monoisotopic (exact) mass is 362 g/mol. The fraction of sp³-hybridized carbons (Fsp3) is 0.133. The smallest absolute Gasteiger partial charge is 0.419 e. The third kappa shape index (κ3) is 2.23. The Morgan fingerprint density at radius 1 is 1.36 bits per heavy atom. The second-order valence-corrected chi connectivity index (χ2v) is 5.86. The van der Waals surface area contributed by atoms with E-state index in [1.807, 2.05) is 0 Å². The number of hydrogen-bond acceptors (Lipinski definition) is 4. The molecule has 0 aliphatic rings. The number of fused-ring (bicyclic) bond motifs is 1. The van der Waals surface area contributed by atoms with Crippen LogP contribution in [0.1, 0.15) is 21.5 Å². The SMILES string of the molecule is Cc1c(C(=O)c2cc(Br)c[n+]([O-])c2)ccc2oc(=O)n(C)c12. The molecule has 7 heteroatoms. The lowest BCUT2D eigenvalue weighted by atomic mass is 9.99. The first-order chi connectivity index (χ1) is 10.4. The highest BCUT2D eigenvalue weighted by Gasteiger charge is 2.19. The van der Waals surface area contributed by atoms with Gasteiger partial charge in [0.1, 0.15) is 0 Å². The van der Waals surface area contributed by atoms with Gasteiger partial charge < -0.3 is 9.62 Å². The van der Waals surface area contributed by atoms with E-state index >= 15 is 0 Å². The lowest BCUT2D eigenvalue weighted by Gasteiger charge is -2.07. The van der Waals surface area contributed by atoms with Crippen LogP contribution in [-0.2, 0) is 7.05 Å². The molecule has 0 unspecified atom stereocenters. The fourth-order valence-electron chi connectivity index (χ4n) is 2.47. The zero-order chi connectivity index (χ0) is 16.0. The van der Waals surface area contributed by atoms with Gasteiger partial charge in [0.05, 0.1) is 15.6 Å². The molecule has 0 fully saturated rings. The maximum Gasteiger partial charge on any atom is 0.419 e. The molecule has 112 valence electrons. The first-order valence-corrected chi connectivity index (χ1v) is 7.21. The number of carbonyl (C=O) groups excluding carboxylic acids is 1. The Balaban J connectivity index is 2.21. The number of hydrogen-bond donors (Lipinski definition) is 0. The number of oxazole rings is 1. The molecule has 0 atom stereocenters. The number of aryl methyl sites for hydroxylation is 2. The van der Waals surface area contributed by atoms with Crippen molar-refractivity contribution in [3.05, 3.63) is 67.5 Å². The summed E-state index contributed by atoms with van der Waals surface area (Å²) in [4.78, 5) is 24.2. The van der Waals surface area contributed by atoms with E-state index in [1.165, 1.54) is 17.0 Å². The Bertz CT molecular complexity index is 951. The van der Waals surface area contributed by atoms with Crippen LogP contribution in [0.5, 0.6) is 0 Å². The zero-order valence-electron chi connectivity index (χ0n) is 11.8. The average Bonchev–Trinajstić information content (AvgIpc) is 2.73. The molecule has 1 aromatic carbocycles. The van der Waals surface area contributed by atoms with Crippen molar-refractivity contribution in [3.63, 3.8) is 0 Å². The van der Waals surface area contributed by atoms with Gasteiger partial charge in [0.15, 0.2) is 23.8 Å². The maximum absolute atomic E-state index is 12.6. The molecule has 2 heterocycles. The van der Waals surface area contributed by atoms with Crippen molar-refractivity contribution in [2.24, 2.45) is 7.05 Å². The molecule has 0 aliphatic carbocycles. The number of halogens is 1. The third-order valence-electron chi connectivity index (χ3n) is 3.52. The molecular weight excluding hydrogens is 352 g/mol. The molecule has 0 N–H and O–H groups in total. The van der Waals surface area contributed by atoms with Crippen molar-refractivity contribution in [3.8, 4) is 0 Å². The lowest BCUT2D eigenvalue weighted by molar-refractivity contribution is -0.606. The molecule has 0 aliphatic heterocycles. The van der Waals surface area contributed by atoms with Crippen LogP contribution in [0.15, 0.2) is 44.3 Å². The topological polar surface area (TPSA) is 79.2 Å². The van der Waals surface area contributed by atoms with Gasteiger partial charge in [0, 0.05) is 12.6 Å². The number of nitrogens with zero attached hydrogens (tertiary/aromatic N) is 2. The molecule has 0 spiro atoms. The Morgan fingerprint density at radius 2 is 2.09 bits per heavy atom. The molecule has 6 nitrogen and oxygen atoms in total. The molecule has 0 radical (unpaired) electrons. The van der Waals surface area contributed by atoms with Gasteiger partial charge in [-0.1, -0.05) is 0 Å². The Hall–Kier alpha value is -2.41. The third-order valence-corrected chi connectivity index (χ3v) is 3.95. The minimum atomic E-state index is -0.484. The Morgan fingerprint density at radius 3 is 2.77 bits per heavy atom. The van der Waals surface area contributed by atoms with Gasteiger partial charge in [0.25, 0.3) is 0 Å². The molecule has 2 aromatic heterocycles. The van der Waals surface area contributed by atoms with E-state index in [0.29, 0.717) is 31.4 Å². The summed E-state index contributed by atoms with van der Waals surface area (Å²) in [6.07, 6.45) is 2.53. The summed E-state index contributed by atoms with van der Waals surface area (Å²) < 4.78 is 7.53. The van der Waals surface area contributed by atoms with E-state index in [0.717, 1.165) is 0 Å². The van der Waals surface area contributed by atoms with Crippen LogP contribution >= 0.6 is 15.9 Å². The largest absolute Gasteiger partial charge is 0.619 e. The highest BCUT2D eigenvalue weighted by molar-refractivity contribution is 9.10. The molecule has 3 aromatic rings. The minimum absolute atomic E-state index is 0.264. The van der Waals surface area contributed by atoms with Crippen LogP contribution in [0.3, 0.4) is 0 Å². The van der Waals surface area contributed by atoms with E-state index in [4.69, 9.17) is 4.42 Å². The minimum Gasteiger partial charge on any atom is -0.619 e. The first kappa shape index (κ1) is 14.5. The van der Waals surface area contributed by atoms with E-state index in [2.05, 4.69) is 15.9 Å². The van der Waals surface area contributed by atoms with E-state index in [9.17, 15) is 14.8 Å². The second-order valence-electron chi connectivity index (χ2n) is 4.94. The van der Waals surface area contributed by atoms with Crippen LogP contribution in [0.2, 0.25) is 0 Å². The highest BCUT2D eigenvalue weighted by atomic mass is 79.9. The van der Waals surface area contributed by atoms with Gasteiger partial charge >= 0.3 is 5.76 Å². The van der Waals surface area contributed by atoms with Crippen molar-refractivity contribution in [1.29, 1.82) is 0 Å². The molecule has 0 amide bonds. The summed E-state index contributed by atoms with van der Waals surface area (Å²) >= 11 is 3.19. The normalized spacial score (nSPS) is 11.0. The Labute approximate surface area is 133 Å². The number of carbonyl (C=O) groups is 1. The highest BCUT2D eigenvalue weighted by Crippen LogP contribution is 2.23. The molecule has 22 heavy (non-hydrogen) atoms. The van der Waals surface area contributed by atoms with Crippen molar-refractivity contribution >= 4 is 32.8 Å². The molecule has 0 bridgehead atoms. The predicted octanol–water partition coefficient (Wildman–Crippen LogP) is 2.07. The van der Waals surface area contributed by atoms with E-state index in [1.54, 1.807) is 32.2 Å². The first-order valence-electron chi connectivity index (χ1n) is 6.41. The van der Waals surface area contributed by atoms with Crippen LogP contribution in [-0.4, -0.2) is 10.4 Å². The van der Waals surface area contributed by atoms with Crippen molar-refractivity contribution < 1.29 is 13.9 Å². The summed E-state index contributed by atoms with van der Waals surface area (Å²) in [5, 5.41) is 11.5. The summed E-state index contributed by atoms with van der Waals surface area (Å²) in [6.45, 7) is 1.74. The van der Waals surface area contributed by atoms with Gasteiger partial charge in [-0.3, -0.25) is 9.36 Å². The summed E-state index contributed by atoms with van der Waals surface area (Å²) in [5.74, 6) is -0.776. The number of rotatable bonds is 2. The van der Waals surface area contributed by atoms with Gasteiger partial charge in [-0.05, 0) is 46.6 Å². The number of benzene rings is 1. The van der Waals surface area contributed by atoms with E-state index in [-0.39, 0.29) is 11.3 Å². The van der Waals surface area contributed by atoms with Gasteiger partial charge in [-0.25, -0.2) is 4.79 Å². The number of ketones is 1. The maximum atomic E-state index is 12.6. The van der Waals surface area contributed by atoms with Crippen LogP contribution in [0, 0.1) is 12.1 Å². The molecule has 0 saturated carbocycles. The molecule has 0 saturated heterocycles. The summed E-state index contributed by atoms with van der Waals surface area (Å²) in [6, 6.07) is 4.76. The summed E-state index contributed by atoms with van der Waals surface area (Å²) in [5.41, 5.74) is 2.31. The van der Waals surface area contributed by atoms with Gasteiger partial charge in [-0.2, -0.15) is 4.73 Å². The van der Waals surface area contributed by atoms with Gasteiger partial charge in [0.2, 0.25) is 0 Å². The van der Waals surface area contributed by atoms with Crippen LogP contribution < -0.4 is 10.5 Å². The van der Waals surface area contributed by atoms with Gasteiger partial charge in [-0.15, -0.1) is 0 Å². The fourth-order valence-corrected chi connectivity index (χ4v) is 2.92. The standard InChI is InChI=1S/C15H11BrN2O4/c1-8-11(3-4-12-13(8)17(2)15(20)22-12)14(19)9-5-10(16)7-18(21)6-9/h3-7H,1-2H3. The number of pyridine rings is 1.